The lowest BCUT2D eigenvalue weighted by molar-refractivity contribution is -0.402. The lowest BCUT2D eigenvalue weighted by atomic mass is 10.3. The summed E-state index contributed by atoms with van der Waals surface area (Å²) in [7, 11) is 0. The van der Waals surface area contributed by atoms with Gasteiger partial charge in [0.2, 0.25) is 0 Å². The van der Waals surface area contributed by atoms with Crippen molar-refractivity contribution in [2.45, 2.75) is 0 Å². The van der Waals surface area contributed by atoms with Crippen LogP contribution in [0.2, 0.25) is 0 Å². The van der Waals surface area contributed by atoms with Crippen LogP contribution < -0.4 is 4.90 Å². The van der Waals surface area contributed by atoms with Crippen molar-refractivity contribution in [3.63, 3.8) is 0 Å². The summed E-state index contributed by atoms with van der Waals surface area (Å²) in [5.74, 6) is 0.744. The molecule has 3 rings (SSSR count). The average Bonchev–Trinajstić information content (AvgIpc) is 3.16. The van der Waals surface area contributed by atoms with Crippen LogP contribution in [0.4, 0.5) is 16.4 Å². The smallest absolute Gasteiger partial charge is 0.400 e. The highest BCUT2D eigenvalue weighted by Gasteiger charge is 2.29. The Labute approximate surface area is 134 Å². The molecule has 0 N–H and O–H groups in total. The summed E-state index contributed by atoms with van der Waals surface area (Å²) in [6, 6.07) is 11.8. The van der Waals surface area contributed by atoms with E-state index >= 15 is 0 Å². The lowest BCUT2D eigenvalue weighted by Crippen LogP contribution is -2.28. The molecule has 1 amide bonds. The van der Waals surface area contributed by atoms with Crippen molar-refractivity contribution in [3.05, 3.63) is 58.3 Å². The number of hydrogen-bond donors (Lipinski definition) is 0. The zero-order valence-electron chi connectivity index (χ0n) is 11.7. The van der Waals surface area contributed by atoms with E-state index in [1.165, 1.54) is 23.2 Å². The summed E-state index contributed by atoms with van der Waals surface area (Å²) in [5.41, 5.74) is 0.713. The second kappa shape index (κ2) is 6.44. The van der Waals surface area contributed by atoms with Gasteiger partial charge in [-0.05, 0) is 18.2 Å². The second-order valence-corrected chi connectivity index (χ2v) is 5.35. The number of thioether (sulfide) groups is 1. The maximum absolute atomic E-state index is 12.0. The first-order chi connectivity index (χ1) is 11.1. The molecular weight excluding hydrogens is 320 g/mol. The SMILES string of the molecule is O=C1SC/C(=N\N=C\c2ccc([N+](=O)[O-])o2)N1c1ccccc1. The minimum absolute atomic E-state index is 0.126. The summed E-state index contributed by atoms with van der Waals surface area (Å²) < 4.78 is 4.94. The quantitative estimate of drug-likeness (QED) is 0.486. The second-order valence-electron chi connectivity index (χ2n) is 4.42. The molecule has 1 fully saturated rings. The van der Waals surface area contributed by atoms with Gasteiger partial charge >= 0.3 is 5.88 Å². The topological polar surface area (TPSA) is 101 Å². The first-order valence-corrected chi connectivity index (χ1v) is 7.50. The van der Waals surface area contributed by atoms with Gasteiger partial charge in [-0.1, -0.05) is 30.0 Å². The highest BCUT2D eigenvalue weighted by atomic mass is 32.2. The molecule has 2 aromatic rings. The van der Waals surface area contributed by atoms with Gasteiger partial charge in [-0.2, -0.15) is 5.10 Å². The van der Waals surface area contributed by atoms with Crippen LogP contribution in [-0.2, 0) is 0 Å². The maximum atomic E-state index is 12.0. The van der Waals surface area contributed by atoms with E-state index in [0.29, 0.717) is 17.3 Å². The minimum Gasteiger partial charge on any atom is -0.400 e. The van der Waals surface area contributed by atoms with Crippen LogP contribution in [0.1, 0.15) is 5.76 Å². The molecule has 1 saturated heterocycles. The number of nitrogens with zero attached hydrogens (tertiary/aromatic N) is 4. The fourth-order valence-electron chi connectivity index (χ4n) is 1.93. The van der Waals surface area contributed by atoms with Gasteiger partial charge in [0.1, 0.15) is 10.8 Å². The van der Waals surface area contributed by atoms with Crippen molar-refractivity contribution >= 4 is 40.6 Å². The molecule has 0 unspecified atom stereocenters. The molecule has 8 nitrogen and oxygen atoms in total. The highest BCUT2D eigenvalue weighted by Crippen LogP contribution is 2.26. The van der Waals surface area contributed by atoms with E-state index in [-0.39, 0.29) is 16.9 Å². The number of carbonyl (C=O) groups excluding carboxylic acids is 1. The molecule has 2 heterocycles. The number of benzene rings is 1. The van der Waals surface area contributed by atoms with Gasteiger partial charge in [-0.25, -0.2) is 0 Å². The van der Waals surface area contributed by atoms with Gasteiger partial charge in [0, 0.05) is 0 Å². The van der Waals surface area contributed by atoms with Crippen molar-refractivity contribution in [1.82, 2.24) is 0 Å². The number of para-hydroxylation sites is 1. The molecule has 9 heteroatoms. The molecule has 23 heavy (non-hydrogen) atoms. The van der Waals surface area contributed by atoms with Crippen LogP contribution in [0.15, 0.2) is 57.1 Å². The minimum atomic E-state index is -0.632. The zero-order chi connectivity index (χ0) is 16.2. The molecule has 116 valence electrons. The number of amides is 1. The zero-order valence-corrected chi connectivity index (χ0v) is 12.5. The Morgan fingerprint density at radius 2 is 2.04 bits per heavy atom. The van der Waals surface area contributed by atoms with E-state index in [4.69, 9.17) is 4.42 Å². The van der Waals surface area contributed by atoms with Gasteiger partial charge < -0.3 is 4.42 Å². The molecule has 0 aliphatic carbocycles. The Bertz CT molecular complexity index is 800. The van der Waals surface area contributed by atoms with E-state index < -0.39 is 4.92 Å². The molecule has 1 aromatic heterocycles. The van der Waals surface area contributed by atoms with Gasteiger partial charge in [-0.15, -0.1) is 5.10 Å². The average molecular weight is 330 g/mol. The first-order valence-electron chi connectivity index (χ1n) is 6.51. The molecule has 1 aliphatic rings. The van der Waals surface area contributed by atoms with Crippen molar-refractivity contribution in [2.24, 2.45) is 10.2 Å². The van der Waals surface area contributed by atoms with E-state index in [1.54, 1.807) is 12.1 Å². The third-order valence-electron chi connectivity index (χ3n) is 2.93. The predicted octanol–water partition coefficient (Wildman–Crippen LogP) is 3.29. The van der Waals surface area contributed by atoms with Crippen LogP contribution in [0.3, 0.4) is 0 Å². The number of nitro groups is 1. The molecule has 0 radical (unpaired) electrons. The fourth-order valence-corrected chi connectivity index (χ4v) is 2.71. The van der Waals surface area contributed by atoms with E-state index in [0.717, 1.165) is 11.8 Å². The number of amidine groups is 1. The summed E-state index contributed by atoms with van der Waals surface area (Å²) in [4.78, 5) is 23.3. The number of hydrogen-bond acceptors (Lipinski definition) is 7. The lowest BCUT2D eigenvalue weighted by Gasteiger charge is -2.14. The molecule has 0 bridgehead atoms. The van der Waals surface area contributed by atoms with Gasteiger partial charge in [-0.3, -0.25) is 19.8 Å². The predicted molar refractivity (Wildman–Crippen MR) is 87.2 cm³/mol. The van der Waals surface area contributed by atoms with E-state index in [1.807, 2.05) is 18.2 Å². The Morgan fingerprint density at radius 3 is 2.74 bits per heavy atom. The molecular formula is C14H10N4O4S. The fraction of sp³-hybridized carbons (Fsp3) is 0.0714. The van der Waals surface area contributed by atoms with Crippen LogP contribution >= 0.6 is 11.8 Å². The normalized spacial score (nSPS) is 16.6. The Balaban J connectivity index is 1.79. The van der Waals surface area contributed by atoms with Crippen LogP contribution in [0.25, 0.3) is 0 Å². The highest BCUT2D eigenvalue weighted by molar-refractivity contribution is 8.15. The Hall–Kier alpha value is -2.94. The van der Waals surface area contributed by atoms with Crippen LogP contribution in [-0.4, -0.2) is 28.0 Å². The molecule has 0 spiro atoms. The molecule has 0 saturated carbocycles. The number of anilines is 1. The van der Waals surface area contributed by atoms with Crippen molar-refractivity contribution in [2.75, 3.05) is 10.7 Å². The summed E-state index contributed by atoms with van der Waals surface area (Å²) in [5, 5.41) is 18.3. The summed E-state index contributed by atoms with van der Waals surface area (Å²) >= 11 is 1.13. The van der Waals surface area contributed by atoms with Gasteiger partial charge in [0.25, 0.3) is 5.24 Å². The maximum Gasteiger partial charge on any atom is 0.433 e. The van der Waals surface area contributed by atoms with Gasteiger partial charge in [0.15, 0.2) is 5.76 Å². The number of carbonyl (C=O) groups is 1. The third-order valence-corrected chi connectivity index (χ3v) is 3.76. The monoisotopic (exact) mass is 330 g/mol. The molecule has 0 atom stereocenters. The third kappa shape index (κ3) is 3.29. The van der Waals surface area contributed by atoms with Crippen LogP contribution in [0.5, 0.6) is 0 Å². The van der Waals surface area contributed by atoms with E-state index in [2.05, 4.69) is 10.2 Å². The van der Waals surface area contributed by atoms with E-state index in [9.17, 15) is 14.9 Å². The van der Waals surface area contributed by atoms with Crippen LogP contribution in [0, 0.1) is 10.1 Å². The standard InChI is InChI=1S/C14H10N4O4S/c19-14-17(10-4-2-1-3-5-10)12(9-23-14)16-15-8-11-6-7-13(22-11)18(20)21/h1-8H,9H2/b15-8+,16-12+. The molecule has 1 aliphatic heterocycles. The van der Waals surface area contributed by atoms with Gasteiger partial charge in [0.05, 0.1) is 23.7 Å². The van der Waals surface area contributed by atoms with Crippen molar-refractivity contribution < 1.29 is 14.1 Å². The summed E-state index contributed by atoms with van der Waals surface area (Å²) in [6.45, 7) is 0. The Kier molecular flexibility index (Phi) is 4.20. The molecule has 1 aromatic carbocycles. The van der Waals surface area contributed by atoms with Crippen molar-refractivity contribution in [3.8, 4) is 0 Å². The number of rotatable bonds is 4. The first kappa shape index (κ1) is 15.0. The summed E-state index contributed by atoms with van der Waals surface area (Å²) in [6.07, 6.45) is 1.26. The largest absolute Gasteiger partial charge is 0.433 e. The van der Waals surface area contributed by atoms with Crippen molar-refractivity contribution in [1.29, 1.82) is 0 Å². The number of furan rings is 1. The Morgan fingerprint density at radius 1 is 1.26 bits per heavy atom.